The molecule has 4 heteroatoms. The van der Waals surface area contributed by atoms with Gasteiger partial charge in [0.15, 0.2) is 0 Å². The summed E-state index contributed by atoms with van der Waals surface area (Å²) in [6.45, 7) is 4.14. The smallest absolute Gasteiger partial charge is 0.119 e. The van der Waals surface area contributed by atoms with E-state index in [9.17, 15) is 0 Å². The highest BCUT2D eigenvalue weighted by Crippen LogP contribution is 2.26. The number of ether oxygens (including phenoxy) is 2. The quantitative estimate of drug-likeness (QED) is 0.499. The Kier molecular flexibility index (Phi) is 7.70. The molecule has 0 aromatic heterocycles. The molecule has 3 rings (SSSR count). The lowest BCUT2D eigenvalue weighted by Crippen LogP contribution is -2.12. The van der Waals surface area contributed by atoms with Crippen LogP contribution in [0.5, 0.6) is 11.5 Å². The molecule has 3 nitrogen and oxygen atoms in total. The standard InChI is InChI=1S/C23H30ClNO2/c1-18-17-22(11-12-23(18)24)27-16-14-25-20-7-9-21(10-8-20)26-15-13-19-5-3-2-4-6-19/h7-12,17,19,25H,2-6,13-16H2,1H3. The highest BCUT2D eigenvalue weighted by molar-refractivity contribution is 6.31. The second-order valence-corrected chi connectivity index (χ2v) is 7.76. The van der Waals surface area contributed by atoms with Gasteiger partial charge in [-0.2, -0.15) is 0 Å². The lowest BCUT2D eigenvalue weighted by Gasteiger charge is -2.21. The van der Waals surface area contributed by atoms with Gasteiger partial charge in [0.2, 0.25) is 0 Å². The number of anilines is 1. The van der Waals surface area contributed by atoms with Crippen LogP contribution in [-0.4, -0.2) is 19.8 Å². The number of hydrogen-bond acceptors (Lipinski definition) is 3. The van der Waals surface area contributed by atoms with Crippen molar-refractivity contribution in [1.82, 2.24) is 0 Å². The first-order valence-corrected chi connectivity index (χ1v) is 10.4. The monoisotopic (exact) mass is 387 g/mol. The molecule has 0 heterocycles. The number of rotatable bonds is 9. The molecule has 0 saturated heterocycles. The number of benzene rings is 2. The van der Waals surface area contributed by atoms with Crippen LogP contribution in [-0.2, 0) is 0 Å². The molecule has 1 aliphatic rings. The van der Waals surface area contributed by atoms with Gasteiger partial charge in [-0.15, -0.1) is 0 Å². The zero-order valence-corrected chi connectivity index (χ0v) is 16.9. The van der Waals surface area contributed by atoms with Gasteiger partial charge in [-0.25, -0.2) is 0 Å². The second kappa shape index (κ2) is 10.5. The van der Waals surface area contributed by atoms with Crippen LogP contribution in [0.25, 0.3) is 0 Å². The Labute approximate surface area is 168 Å². The molecule has 2 aromatic rings. The summed E-state index contributed by atoms with van der Waals surface area (Å²) in [5.41, 5.74) is 2.10. The maximum atomic E-state index is 6.03. The molecule has 1 N–H and O–H groups in total. The first kappa shape index (κ1) is 19.9. The Hall–Kier alpha value is -1.87. The molecular weight excluding hydrogens is 358 g/mol. The van der Waals surface area contributed by atoms with Crippen molar-refractivity contribution in [2.45, 2.75) is 45.4 Å². The first-order valence-electron chi connectivity index (χ1n) is 10.1. The number of nitrogens with one attached hydrogen (secondary N) is 1. The topological polar surface area (TPSA) is 30.5 Å². The van der Waals surface area contributed by atoms with Crippen LogP contribution in [0.1, 0.15) is 44.1 Å². The van der Waals surface area contributed by atoms with Crippen molar-refractivity contribution in [3.8, 4) is 11.5 Å². The Bertz CT molecular complexity index is 696. The maximum Gasteiger partial charge on any atom is 0.119 e. The van der Waals surface area contributed by atoms with E-state index in [0.717, 1.165) is 46.8 Å². The minimum Gasteiger partial charge on any atom is -0.494 e. The lowest BCUT2D eigenvalue weighted by molar-refractivity contribution is 0.246. The third-order valence-electron chi connectivity index (χ3n) is 5.20. The molecule has 0 amide bonds. The van der Waals surface area contributed by atoms with E-state index < -0.39 is 0 Å². The van der Waals surface area contributed by atoms with Gasteiger partial charge in [0.1, 0.15) is 18.1 Å². The maximum absolute atomic E-state index is 6.03. The summed E-state index contributed by atoms with van der Waals surface area (Å²) in [6.07, 6.45) is 8.14. The van der Waals surface area contributed by atoms with E-state index >= 15 is 0 Å². The van der Waals surface area contributed by atoms with Crippen LogP contribution in [0.4, 0.5) is 5.69 Å². The van der Waals surface area contributed by atoms with E-state index in [2.05, 4.69) is 17.4 Å². The molecule has 2 aromatic carbocycles. The molecule has 1 saturated carbocycles. The van der Waals surface area contributed by atoms with Crippen LogP contribution in [0.15, 0.2) is 42.5 Å². The van der Waals surface area contributed by atoms with Gasteiger partial charge >= 0.3 is 0 Å². The Morgan fingerprint density at radius 1 is 0.926 bits per heavy atom. The predicted octanol–water partition coefficient (Wildman–Crippen LogP) is 6.49. The molecule has 0 atom stereocenters. The van der Waals surface area contributed by atoms with Gasteiger partial charge in [0, 0.05) is 17.3 Å². The van der Waals surface area contributed by atoms with E-state index in [4.69, 9.17) is 21.1 Å². The van der Waals surface area contributed by atoms with Gasteiger partial charge in [-0.3, -0.25) is 0 Å². The van der Waals surface area contributed by atoms with Gasteiger partial charge in [0.05, 0.1) is 6.61 Å². The molecule has 0 radical (unpaired) electrons. The van der Waals surface area contributed by atoms with Crippen LogP contribution >= 0.6 is 11.6 Å². The van der Waals surface area contributed by atoms with Gasteiger partial charge < -0.3 is 14.8 Å². The van der Waals surface area contributed by atoms with Crippen molar-refractivity contribution in [3.05, 3.63) is 53.1 Å². The first-order chi connectivity index (χ1) is 13.2. The van der Waals surface area contributed by atoms with Gasteiger partial charge in [0.25, 0.3) is 0 Å². The summed E-state index contributed by atoms with van der Waals surface area (Å²) in [4.78, 5) is 0. The summed E-state index contributed by atoms with van der Waals surface area (Å²) in [6, 6.07) is 13.9. The molecule has 0 unspecified atom stereocenters. The van der Waals surface area contributed by atoms with E-state index in [0.29, 0.717) is 6.61 Å². The average molecular weight is 388 g/mol. The van der Waals surface area contributed by atoms with E-state index in [-0.39, 0.29) is 0 Å². The fourth-order valence-corrected chi connectivity index (χ4v) is 3.68. The molecule has 0 spiro atoms. The van der Waals surface area contributed by atoms with Gasteiger partial charge in [-0.1, -0.05) is 43.7 Å². The molecule has 146 valence electrons. The number of halogens is 1. The third-order valence-corrected chi connectivity index (χ3v) is 5.63. The summed E-state index contributed by atoms with van der Waals surface area (Å²) in [5.74, 6) is 2.66. The van der Waals surface area contributed by atoms with Gasteiger partial charge in [-0.05, 0) is 67.3 Å². The zero-order valence-electron chi connectivity index (χ0n) is 16.2. The summed E-state index contributed by atoms with van der Waals surface area (Å²) in [5, 5.41) is 4.13. The van der Waals surface area contributed by atoms with Crippen molar-refractivity contribution >= 4 is 17.3 Å². The normalized spacial score (nSPS) is 14.7. The van der Waals surface area contributed by atoms with E-state index in [1.165, 1.54) is 38.5 Å². The van der Waals surface area contributed by atoms with E-state index in [1.807, 2.05) is 37.3 Å². The molecular formula is C23H30ClNO2. The molecule has 1 fully saturated rings. The van der Waals surface area contributed by atoms with Crippen molar-refractivity contribution in [2.24, 2.45) is 5.92 Å². The summed E-state index contributed by atoms with van der Waals surface area (Å²) >= 11 is 6.03. The third kappa shape index (κ3) is 6.66. The minimum absolute atomic E-state index is 0.598. The zero-order chi connectivity index (χ0) is 18.9. The fourth-order valence-electron chi connectivity index (χ4n) is 3.56. The van der Waals surface area contributed by atoms with Crippen LogP contribution in [0.2, 0.25) is 5.02 Å². The SMILES string of the molecule is Cc1cc(OCCNc2ccc(OCCC3CCCCC3)cc2)ccc1Cl. The Morgan fingerprint density at radius 3 is 2.37 bits per heavy atom. The highest BCUT2D eigenvalue weighted by atomic mass is 35.5. The van der Waals surface area contributed by atoms with Crippen LogP contribution < -0.4 is 14.8 Å². The highest BCUT2D eigenvalue weighted by Gasteiger charge is 2.13. The summed E-state index contributed by atoms with van der Waals surface area (Å²) in [7, 11) is 0. The van der Waals surface area contributed by atoms with Crippen molar-refractivity contribution in [3.63, 3.8) is 0 Å². The molecule has 27 heavy (non-hydrogen) atoms. The van der Waals surface area contributed by atoms with Crippen molar-refractivity contribution in [1.29, 1.82) is 0 Å². The lowest BCUT2D eigenvalue weighted by atomic mass is 9.87. The van der Waals surface area contributed by atoms with Crippen LogP contribution in [0.3, 0.4) is 0 Å². The molecule has 0 bridgehead atoms. The Balaban J connectivity index is 1.33. The van der Waals surface area contributed by atoms with Crippen molar-refractivity contribution in [2.75, 3.05) is 25.1 Å². The van der Waals surface area contributed by atoms with Crippen molar-refractivity contribution < 1.29 is 9.47 Å². The Morgan fingerprint density at radius 2 is 1.63 bits per heavy atom. The largest absolute Gasteiger partial charge is 0.494 e. The molecule has 0 aliphatic heterocycles. The fraction of sp³-hybridized carbons (Fsp3) is 0.478. The minimum atomic E-state index is 0.598. The molecule has 1 aliphatic carbocycles. The predicted molar refractivity (Wildman–Crippen MR) is 113 cm³/mol. The van der Waals surface area contributed by atoms with E-state index in [1.54, 1.807) is 0 Å². The second-order valence-electron chi connectivity index (χ2n) is 7.35. The summed E-state index contributed by atoms with van der Waals surface area (Å²) < 4.78 is 11.7. The average Bonchev–Trinajstić information content (AvgIpc) is 2.70. The number of hydrogen-bond donors (Lipinski definition) is 1. The number of aryl methyl sites for hydroxylation is 1. The van der Waals surface area contributed by atoms with Crippen LogP contribution in [0, 0.1) is 12.8 Å².